The summed E-state index contributed by atoms with van der Waals surface area (Å²) in [5.74, 6) is 0.0763. The lowest BCUT2D eigenvalue weighted by Crippen LogP contribution is -2.27. The van der Waals surface area contributed by atoms with Crippen LogP contribution in [0.25, 0.3) is 11.1 Å². The highest BCUT2D eigenvalue weighted by Gasteiger charge is 2.21. The number of nitrogens with one attached hydrogen (secondary N) is 1. The third-order valence-electron chi connectivity index (χ3n) is 3.57. The molecular formula is C16H23N3O4. The second-order valence-electron chi connectivity index (χ2n) is 5.45. The van der Waals surface area contributed by atoms with Crippen molar-refractivity contribution in [1.82, 2.24) is 14.9 Å². The molecule has 7 nitrogen and oxygen atoms in total. The van der Waals surface area contributed by atoms with Crippen molar-refractivity contribution in [3.8, 4) is 0 Å². The van der Waals surface area contributed by atoms with Crippen LogP contribution < -0.4 is 10.9 Å². The molecule has 0 fully saturated rings. The molecule has 0 saturated carbocycles. The van der Waals surface area contributed by atoms with Gasteiger partial charge in [-0.05, 0) is 19.8 Å². The number of furan rings is 1. The predicted molar refractivity (Wildman–Crippen MR) is 86.7 cm³/mol. The summed E-state index contributed by atoms with van der Waals surface area (Å²) in [6.07, 6.45) is 4.25. The lowest BCUT2D eigenvalue weighted by Gasteiger charge is -2.06. The first kappa shape index (κ1) is 17.2. The van der Waals surface area contributed by atoms with Crippen molar-refractivity contribution in [2.75, 3.05) is 19.8 Å². The number of nitrogens with zero attached hydrogens (tertiary/aromatic N) is 2. The zero-order valence-corrected chi connectivity index (χ0v) is 13.8. The molecule has 0 radical (unpaired) electrons. The summed E-state index contributed by atoms with van der Waals surface area (Å²) in [6.45, 7) is 5.61. The van der Waals surface area contributed by atoms with Crippen molar-refractivity contribution in [2.24, 2.45) is 7.05 Å². The number of aryl methyl sites for hydroxylation is 2. The zero-order valence-electron chi connectivity index (χ0n) is 13.8. The summed E-state index contributed by atoms with van der Waals surface area (Å²) in [7, 11) is 1.59. The Kier molecular flexibility index (Phi) is 5.92. The van der Waals surface area contributed by atoms with Crippen molar-refractivity contribution in [3.05, 3.63) is 28.0 Å². The second kappa shape index (κ2) is 7.92. The Morgan fingerprint density at radius 3 is 2.87 bits per heavy atom. The Morgan fingerprint density at radius 2 is 2.13 bits per heavy atom. The van der Waals surface area contributed by atoms with E-state index in [1.807, 2.05) is 0 Å². The van der Waals surface area contributed by atoms with Crippen molar-refractivity contribution in [3.63, 3.8) is 0 Å². The van der Waals surface area contributed by atoms with E-state index in [0.717, 1.165) is 25.9 Å². The number of fused-ring (bicyclic) bond motifs is 1. The third kappa shape index (κ3) is 3.98. The smallest absolute Gasteiger partial charge is 0.265 e. The first-order chi connectivity index (χ1) is 11.1. The van der Waals surface area contributed by atoms with E-state index in [0.29, 0.717) is 18.9 Å². The van der Waals surface area contributed by atoms with Gasteiger partial charge in [-0.3, -0.25) is 9.59 Å². The molecule has 0 aliphatic heterocycles. The lowest BCUT2D eigenvalue weighted by molar-refractivity contribution is 0.0940. The number of hydrogen-bond donors (Lipinski definition) is 1. The highest BCUT2D eigenvalue weighted by atomic mass is 16.5. The highest BCUT2D eigenvalue weighted by molar-refractivity contribution is 6.06. The Bertz CT molecular complexity index is 733. The first-order valence-electron chi connectivity index (χ1n) is 7.87. The van der Waals surface area contributed by atoms with E-state index in [9.17, 15) is 9.59 Å². The highest BCUT2D eigenvalue weighted by Crippen LogP contribution is 2.20. The van der Waals surface area contributed by atoms with Crippen LogP contribution in [0.4, 0.5) is 0 Å². The summed E-state index contributed by atoms with van der Waals surface area (Å²) in [5.41, 5.74) is 0.166. The quantitative estimate of drug-likeness (QED) is 0.749. The van der Waals surface area contributed by atoms with Gasteiger partial charge < -0.3 is 19.0 Å². The molecule has 0 bridgehead atoms. The number of hydrogen-bond acceptors (Lipinski definition) is 5. The molecule has 0 aliphatic rings. The number of rotatable bonds is 8. The maximum atomic E-state index is 12.4. The number of carbonyl (C=O) groups excluding carboxylic acids is 1. The molecule has 126 valence electrons. The van der Waals surface area contributed by atoms with Gasteiger partial charge in [0.25, 0.3) is 11.5 Å². The van der Waals surface area contributed by atoms with Gasteiger partial charge in [0.05, 0.1) is 5.56 Å². The number of carbonyl (C=O) groups is 1. The number of aromatic nitrogens is 2. The minimum absolute atomic E-state index is 0.193. The zero-order chi connectivity index (χ0) is 16.8. The minimum atomic E-state index is -0.320. The van der Waals surface area contributed by atoms with Crippen LogP contribution in [0.5, 0.6) is 0 Å². The largest absolute Gasteiger partial charge is 0.442 e. The maximum absolute atomic E-state index is 12.4. The Hall–Kier alpha value is -2.15. The normalized spacial score (nSPS) is 11.1. The monoisotopic (exact) mass is 321 g/mol. The molecule has 7 heteroatoms. The summed E-state index contributed by atoms with van der Waals surface area (Å²) in [5, 5.41) is 3.03. The standard InChI is InChI=1S/C16H23N3O4/c1-4-5-8-22-9-6-7-17-14(20)12-11(2)23-15-13(12)16(21)19(3)10-18-15/h10H,4-9H2,1-3H3,(H,17,20). The van der Waals surface area contributed by atoms with Crippen molar-refractivity contribution in [1.29, 1.82) is 0 Å². The fourth-order valence-electron chi connectivity index (χ4n) is 2.27. The third-order valence-corrected chi connectivity index (χ3v) is 3.57. The van der Waals surface area contributed by atoms with Crippen LogP contribution in [0.3, 0.4) is 0 Å². The predicted octanol–water partition coefficient (Wildman–Crippen LogP) is 1.77. The van der Waals surface area contributed by atoms with Crippen LogP contribution in [0.15, 0.2) is 15.5 Å². The van der Waals surface area contributed by atoms with Gasteiger partial charge in [0.15, 0.2) is 0 Å². The van der Waals surface area contributed by atoms with Crippen molar-refractivity contribution >= 4 is 17.0 Å². The van der Waals surface area contributed by atoms with Crippen molar-refractivity contribution < 1.29 is 13.9 Å². The molecule has 0 unspecified atom stereocenters. The molecule has 23 heavy (non-hydrogen) atoms. The Labute approximate surface area is 134 Å². The van der Waals surface area contributed by atoms with E-state index < -0.39 is 0 Å². The maximum Gasteiger partial charge on any atom is 0.265 e. The van der Waals surface area contributed by atoms with E-state index in [2.05, 4.69) is 17.2 Å². The van der Waals surface area contributed by atoms with Crippen LogP contribution in [0.2, 0.25) is 0 Å². The van der Waals surface area contributed by atoms with Crippen LogP contribution in [-0.2, 0) is 11.8 Å². The molecule has 2 heterocycles. The van der Waals surface area contributed by atoms with Gasteiger partial charge in [-0.25, -0.2) is 4.98 Å². The number of ether oxygens (including phenoxy) is 1. The summed E-state index contributed by atoms with van der Waals surface area (Å²) >= 11 is 0. The second-order valence-corrected chi connectivity index (χ2v) is 5.45. The fraction of sp³-hybridized carbons (Fsp3) is 0.562. The fourth-order valence-corrected chi connectivity index (χ4v) is 2.27. The molecule has 2 aromatic heterocycles. The van der Waals surface area contributed by atoms with Crippen LogP contribution >= 0.6 is 0 Å². The number of unbranched alkanes of at least 4 members (excludes halogenated alkanes) is 1. The molecule has 2 rings (SSSR count). The molecule has 0 saturated heterocycles. The molecular weight excluding hydrogens is 298 g/mol. The average Bonchev–Trinajstić information content (AvgIpc) is 2.87. The topological polar surface area (TPSA) is 86.4 Å². The number of amides is 1. The molecule has 0 aliphatic carbocycles. The van der Waals surface area contributed by atoms with Gasteiger partial charge in [-0.1, -0.05) is 13.3 Å². The summed E-state index contributed by atoms with van der Waals surface area (Å²) in [4.78, 5) is 28.6. The lowest BCUT2D eigenvalue weighted by atomic mass is 10.2. The van der Waals surface area contributed by atoms with Gasteiger partial charge in [0.1, 0.15) is 17.5 Å². The van der Waals surface area contributed by atoms with E-state index in [1.165, 1.54) is 10.9 Å². The molecule has 1 N–H and O–H groups in total. The molecule has 0 atom stereocenters. The van der Waals surface area contributed by atoms with Crippen LogP contribution in [-0.4, -0.2) is 35.2 Å². The molecule has 0 aromatic carbocycles. The van der Waals surface area contributed by atoms with E-state index in [4.69, 9.17) is 9.15 Å². The summed E-state index contributed by atoms with van der Waals surface area (Å²) in [6, 6.07) is 0. The minimum Gasteiger partial charge on any atom is -0.442 e. The molecule has 2 aromatic rings. The molecule has 0 spiro atoms. The van der Waals surface area contributed by atoms with Gasteiger partial charge >= 0.3 is 0 Å². The van der Waals surface area contributed by atoms with Gasteiger partial charge in [0.2, 0.25) is 5.71 Å². The first-order valence-corrected chi connectivity index (χ1v) is 7.87. The Balaban J connectivity index is 2.00. The summed E-state index contributed by atoms with van der Waals surface area (Å²) < 4.78 is 12.2. The van der Waals surface area contributed by atoms with E-state index in [1.54, 1.807) is 14.0 Å². The van der Waals surface area contributed by atoms with Gasteiger partial charge in [-0.2, -0.15) is 0 Å². The average molecular weight is 321 g/mol. The Morgan fingerprint density at radius 1 is 1.39 bits per heavy atom. The van der Waals surface area contributed by atoms with E-state index >= 15 is 0 Å². The van der Waals surface area contributed by atoms with Gasteiger partial charge in [-0.15, -0.1) is 0 Å². The van der Waals surface area contributed by atoms with Gasteiger partial charge in [0, 0.05) is 26.8 Å². The SMILES string of the molecule is CCCCOCCCNC(=O)c1c(C)oc2ncn(C)c(=O)c12. The van der Waals surface area contributed by atoms with Crippen LogP contribution in [0.1, 0.15) is 42.3 Å². The van der Waals surface area contributed by atoms with Crippen molar-refractivity contribution in [2.45, 2.75) is 33.1 Å². The van der Waals surface area contributed by atoms with Crippen LogP contribution in [0, 0.1) is 6.92 Å². The van der Waals surface area contributed by atoms with E-state index in [-0.39, 0.29) is 28.1 Å². The molecule has 1 amide bonds.